The third-order valence-electron chi connectivity index (χ3n) is 3.31. The number of hydrogen-bond acceptors (Lipinski definition) is 7. The van der Waals surface area contributed by atoms with Crippen molar-refractivity contribution in [1.82, 2.24) is 9.38 Å². The quantitative estimate of drug-likeness (QED) is 0.498. The minimum Gasteiger partial charge on any atom is -0.459 e. The van der Waals surface area contributed by atoms with Gasteiger partial charge in [0, 0.05) is 28.9 Å². The number of ketones is 1. The highest BCUT2D eigenvalue weighted by Crippen LogP contribution is 2.17. The molecule has 3 aromatic heterocycles. The summed E-state index contributed by atoms with van der Waals surface area (Å²) in [4.78, 5) is 42.1. The lowest BCUT2D eigenvalue weighted by Gasteiger charge is -2.04. The number of esters is 1. The zero-order valence-electron chi connectivity index (χ0n) is 12.9. The Bertz CT molecular complexity index is 954. The molecule has 0 radical (unpaired) electrons. The van der Waals surface area contributed by atoms with Crippen LogP contribution in [-0.4, -0.2) is 21.1 Å². The van der Waals surface area contributed by atoms with Crippen LogP contribution in [0.25, 0.3) is 4.96 Å². The SMILES string of the molecule is Cc1ccc(C(=O)CCC(=O)OCc2cc(=O)n3ccsc3n2)s1. The second-order valence-corrected chi connectivity index (χ2v) is 7.30. The van der Waals surface area contributed by atoms with E-state index in [1.807, 2.05) is 13.0 Å². The summed E-state index contributed by atoms with van der Waals surface area (Å²) in [7, 11) is 0. The Kier molecular flexibility index (Phi) is 4.86. The van der Waals surface area contributed by atoms with Crippen molar-refractivity contribution >= 4 is 39.4 Å². The Balaban J connectivity index is 1.53. The number of hydrogen-bond donors (Lipinski definition) is 0. The minimum atomic E-state index is -0.482. The number of rotatable bonds is 6. The summed E-state index contributed by atoms with van der Waals surface area (Å²) in [5.74, 6) is -0.550. The molecule has 0 fully saturated rings. The van der Waals surface area contributed by atoms with Crippen LogP contribution < -0.4 is 5.56 Å². The Hall–Kier alpha value is -2.32. The number of nitrogens with zero attached hydrogens (tertiary/aromatic N) is 2. The van der Waals surface area contributed by atoms with Crippen LogP contribution in [0, 0.1) is 6.92 Å². The molecular formula is C16H14N2O4S2. The second kappa shape index (κ2) is 7.06. The molecule has 3 rings (SSSR count). The Morgan fingerprint density at radius 2 is 2.12 bits per heavy atom. The number of thiazole rings is 1. The van der Waals surface area contributed by atoms with Crippen molar-refractivity contribution in [2.45, 2.75) is 26.4 Å². The van der Waals surface area contributed by atoms with Gasteiger partial charge in [-0.2, -0.15) is 0 Å². The first-order valence-electron chi connectivity index (χ1n) is 7.24. The molecular weight excluding hydrogens is 348 g/mol. The average Bonchev–Trinajstić information content (AvgIpc) is 3.19. The molecule has 0 aliphatic carbocycles. The van der Waals surface area contributed by atoms with Crippen molar-refractivity contribution in [3.05, 3.63) is 55.6 Å². The molecule has 0 bridgehead atoms. The molecule has 3 heterocycles. The van der Waals surface area contributed by atoms with E-state index in [1.165, 1.54) is 33.1 Å². The summed E-state index contributed by atoms with van der Waals surface area (Å²) in [6.07, 6.45) is 1.76. The molecule has 0 unspecified atom stereocenters. The molecule has 0 aliphatic heterocycles. The zero-order valence-corrected chi connectivity index (χ0v) is 14.5. The highest BCUT2D eigenvalue weighted by molar-refractivity contribution is 7.15. The third-order valence-corrected chi connectivity index (χ3v) is 5.11. The van der Waals surface area contributed by atoms with Gasteiger partial charge in [-0.1, -0.05) is 0 Å². The number of carbonyl (C=O) groups excluding carboxylic acids is 2. The monoisotopic (exact) mass is 362 g/mol. The summed E-state index contributed by atoms with van der Waals surface area (Å²) in [6, 6.07) is 4.98. The van der Waals surface area contributed by atoms with Crippen LogP contribution >= 0.6 is 22.7 Å². The largest absolute Gasteiger partial charge is 0.459 e. The van der Waals surface area contributed by atoms with E-state index in [9.17, 15) is 14.4 Å². The molecule has 0 aliphatic rings. The van der Waals surface area contributed by atoms with Crippen molar-refractivity contribution in [3.63, 3.8) is 0 Å². The van der Waals surface area contributed by atoms with Gasteiger partial charge in [0.1, 0.15) is 6.61 Å². The maximum Gasteiger partial charge on any atom is 0.306 e. The molecule has 124 valence electrons. The van der Waals surface area contributed by atoms with Crippen LogP contribution in [0.2, 0.25) is 0 Å². The number of Topliss-reactive ketones (excluding diaryl/α,β-unsaturated/α-hetero) is 1. The van der Waals surface area contributed by atoms with E-state index in [2.05, 4.69) is 4.98 Å². The van der Waals surface area contributed by atoms with E-state index in [0.717, 1.165) is 4.88 Å². The molecule has 0 aromatic carbocycles. The third kappa shape index (κ3) is 3.77. The van der Waals surface area contributed by atoms with Gasteiger partial charge in [0.25, 0.3) is 5.56 Å². The van der Waals surface area contributed by atoms with Crippen molar-refractivity contribution < 1.29 is 14.3 Å². The number of fused-ring (bicyclic) bond motifs is 1. The minimum absolute atomic E-state index is 0.00993. The molecule has 24 heavy (non-hydrogen) atoms. The van der Waals surface area contributed by atoms with Crippen LogP contribution in [0.3, 0.4) is 0 Å². The Morgan fingerprint density at radius 3 is 2.88 bits per heavy atom. The van der Waals surface area contributed by atoms with Gasteiger partial charge in [-0.25, -0.2) is 4.98 Å². The van der Waals surface area contributed by atoms with Crippen molar-refractivity contribution in [1.29, 1.82) is 0 Å². The van der Waals surface area contributed by atoms with Crippen LogP contribution in [0.15, 0.2) is 34.6 Å². The smallest absolute Gasteiger partial charge is 0.306 e. The molecule has 0 spiro atoms. The number of ether oxygens (including phenoxy) is 1. The summed E-state index contributed by atoms with van der Waals surface area (Å²) in [6.45, 7) is 1.85. The lowest BCUT2D eigenvalue weighted by molar-refractivity contribution is -0.145. The zero-order chi connectivity index (χ0) is 17.1. The first-order chi connectivity index (χ1) is 11.5. The van der Waals surface area contributed by atoms with Crippen molar-refractivity contribution in [2.75, 3.05) is 0 Å². The summed E-state index contributed by atoms with van der Waals surface area (Å²) in [5.41, 5.74) is 0.187. The number of aromatic nitrogens is 2. The fourth-order valence-corrected chi connectivity index (χ4v) is 3.69. The lowest BCUT2D eigenvalue weighted by Crippen LogP contribution is -2.15. The summed E-state index contributed by atoms with van der Waals surface area (Å²) in [5, 5.41) is 1.76. The lowest BCUT2D eigenvalue weighted by atomic mass is 10.2. The molecule has 6 nitrogen and oxygen atoms in total. The molecule has 0 atom stereocenters. The predicted molar refractivity (Wildman–Crippen MR) is 91.8 cm³/mol. The standard InChI is InChI=1S/C16H14N2O4S2/c1-10-2-4-13(24-10)12(19)3-5-15(21)22-9-11-8-14(20)18-6-7-23-16(18)17-11/h2,4,6-8H,3,5,9H2,1H3. The molecule has 0 saturated carbocycles. The van der Waals surface area contributed by atoms with Gasteiger partial charge < -0.3 is 4.74 Å². The molecule has 0 N–H and O–H groups in total. The second-order valence-electron chi connectivity index (χ2n) is 5.14. The van der Waals surface area contributed by atoms with E-state index < -0.39 is 5.97 Å². The fraction of sp³-hybridized carbons (Fsp3) is 0.250. The first kappa shape index (κ1) is 16.5. The van der Waals surface area contributed by atoms with Crippen LogP contribution in [0.4, 0.5) is 0 Å². The number of thiophene rings is 1. The normalized spacial score (nSPS) is 10.9. The van der Waals surface area contributed by atoms with Crippen LogP contribution in [0.1, 0.15) is 33.1 Å². The Labute approximate surface area is 145 Å². The maximum absolute atomic E-state index is 11.9. The van der Waals surface area contributed by atoms with Crippen molar-refractivity contribution in [3.8, 4) is 0 Å². The van der Waals surface area contributed by atoms with E-state index in [4.69, 9.17) is 4.74 Å². The number of carbonyl (C=O) groups is 2. The Morgan fingerprint density at radius 1 is 1.29 bits per heavy atom. The van der Waals surface area contributed by atoms with Gasteiger partial charge in [-0.05, 0) is 19.1 Å². The topological polar surface area (TPSA) is 77.7 Å². The van der Waals surface area contributed by atoms with Gasteiger partial charge in [0.05, 0.1) is 17.0 Å². The highest BCUT2D eigenvalue weighted by Gasteiger charge is 2.12. The van der Waals surface area contributed by atoms with Crippen molar-refractivity contribution in [2.24, 2.45) is 0 Å². The van der Waals surface area contributed by atoms with E-state index >= 15 is 0 Å². The maximum atomic E-state index is 11.9. The highest BCUT2D eigenvalue weighted by atomic mass is 32.1. The van der Waals surface area contributed by atoms with E-state index in [1.54, 1.807) is 17.6 Å². The van der Waals surface area contributed by atoms with Gasteiger partial charge in [-0.15, -0.1) is 22.7 Å². The molecule has 0 amide bonds. The average molecular weight is 362 g/mol. The van der Waals surface area contributed by atoms with Gasteiger partial charge in [0.15, 0.2) is 10.7 Å². The summed E-state index contributed by atoms with van der Waals surface area (Å²) < 4.78 is 6.53. The number of aryl methyl sites for hydroxylation is 1. The summed E-state index contributed by atoms with van der Waals surface area (Å²) >= 11 is 2.75. The van der Waals surface area contributed by atoms with Gasteiger partial charge in [0.2, 0.25) is 0 Å². The van der Waals surface area contributed by atoms with E-state index in [-0.39, 0.29) is 30.8 Å². The molecule has 3 aromatic rings. The predicted octanol–water partition coefficient (Wildman–Crippen LogP) is 2.83. The van der Waals surface area contributed by atoms with Gasteiger partial charge >= 0.3 is 5.97 Å². The van der Waals surface area contributed by atoms with Crippen LogP contribution in [0.5, 0.6) is 0 Å². The first-order valence-corrected chi connectivity index (χ1v) is 8.93. The molecule has 0 saturated heterocycles. The van der Waals surface area contributed by atoms with E-state index in [0.29, 0.717) is 15.5 Å². The fourth-order valence-electron chi connectivity index (χ4n) is 2.11. The van der Waals surface area contributed by atoms with Gasteiger partial charge in [-0.3, -0.25) is 18.8 Å². The molecule has 8 heteroatoms. The van der Waals surface area contributed by atoms with Crippen LogP contribution in [-0.2, 0) is 16.1 Å².